The molecule has 1 atom stereocenters. The predicted octanol–water partition coefficient (Wildman–Crippen LogP) is 4.73. The Morgan fingerprint density at radius 1 is 1.12 bits per heavy atom. The molecule has 1 unspecified atom stereocenters. The maximum absolute atomic E-state index is 12.9. The highest BCUT2D eigenvalue weighted by atomic mass is 19.4. The van der Waals surface area contributed by atoms with Crippen LogP contribution in [0.2, 0.25) is 0 Å². The molecule has 0 saturated heterocycles. The Morgan fingerprint density at radius 3 is 2.42 bits per heavy atom. The molecule has 2 aromatic rings. The summed E-state index contributed by atoms with van der Waals surface area (Å²) in [6, 6.07) is 11.9. The van der Waals surface area contributed by atoms with Crippen molar-refractivity contribution in [2.45, 2.75) is 38.9 Å². The van der Waals surface area contributed by atoms with Crippen molar-refractivity contribution in [2.24, 2.45) is 5.92 Å². The SMILES string of the molecule is CC(C)C(NC(=O)CCc1ccccc1N)c1cccc(C(F)(F)F)c1. The van der Waals surface area contributed by atoms with E-state index in [4.69, 9.17) is 5.73 Å². The highest BCUT2D eigenvalue weighted by Crippen LogP contribution is 2.32. The molecule has 0 fully saturated rings. The van der Waals surface area contributed by atoms with Gasteiger partial charge in [-0.2, -0.15) is 13.2 Å². The van der Waals surface area contributed by atoms with Crippen LogP contribution in [0.25, 0.3) is 0 Å². The van der Waals surface area contributed by atoms with Gasteiger partial charge in [-0.25, -0.2) is 0 Å². The molecule has 3 nitrogen and oxygen atoms in total. The number of nitrogens with one attached hydrogen (secondary N) is 1. The number of nitrogen functional groups attached to an aromatic ring is 1. The largest absolute Gasteiger partial charge is 0.416 e. The summed E-state index contributed by atoms with van der Waals surface area (Å²) in [6.45, 7) is 3.72. The first-order valence-corrected chi connectivity index (χ1v) is 8.48. The molecule has 0 aliphatic carbocycles. The minimum Gasteiger partial charge on any atom is -0.399 e. The number of anilines is 1. The predicted molar refractivity (Wildman–Crippen MR) is 96.3 cm³/mol. The average Bonchev–Trinajstić information content (AvgIpc) is 2.58. The van der Waals surface area contributed by atoms with Gasteiger partial charge in [0.05, 0.1) is 11.6 Å². The number of nitrogens with two attached hydrogens (primary N) is 1. The second-order valence-corrected chi connectivity index (χ2v) is 6.61. The topological polar surface area (TPSA) is 55.1 Å². The third-order valence-corrected chi connectivity index (χ3v) is 4.23. The number of hydrogen-bond donors (Lipinski definition) is 2. The van der Waals surface area contributed by atoms with E-state index in [0.29, 0.717) is 17.7 Å². The molecule has 0 aliphatic rings. The molecular weight excluding hydrogens is 341 g/mol. The summed E-state index contributed by atoms with van der Waals surface area (Å²) in [5.41, 5.74) is 7.10. The number of aryl methyl sites for hydroxylation is 1. The van der Waals surface area contributed by atoms with Crippen LogP contribution in [0.4, 0.5) is 18.9 Å². The van der Waals surface area contributed by atoms with Gasteiger partial charge < -0.3 is 11.1 Å². The Bertz CT molecular complexity index is 757. The van der Waals surface area contributed by atoms with Crippen molar-refractivity contribution < 1.29 is 18.0 Å². The highest BCUT2D eigenvalue weighted by Gasteiger charge is 2.31. The van der Waals surface area contributed by atoms with Gasteiger partial charge in [0, 0.05) is 12.1 Å². The second-order valence-electron chi connectivity index (χ2n) is 6.61. The Labute approximate surface area is 151 Å². The Balaban J connectivity index is 2.08. The number of alkyl halides is 3. The smallest absolute Gasteiger partial charge is 0.399 e. The molecule has 26 heavy (non-hydrogen) atoms. The lowest BCUT2D eigenvalue weighted by molar-refractivity contribution is -0.137. The number of carbonyl (C=O) groups is 1. The van der Waals surface area contributed by atoms with Crippen LogP contribution in [0.15, 0.2) is 48.5 Å². The van der Waals surface area contributed by atoms with Crippen LogP contribution in [0, 0.1) is 5.92 Å². The van der Waals surface area contributed by atoms with E-state index in [1.165, 1.54) is 6.07 Å². The third-order valence-electron chi connectivity index (χ3n) is 4.23. The second kappa shape index (κ2) is 8.25. The maximum Gasteiger partial charge on any atom is 0.416 e. The number of hydrogen-bond acceptors (Lipinski definition) is 2. The molecule has 0 radical (unpaired) electrons. The van der Waals surface area contributed by atoms with Gasteiger partial charge in [0.2, 0.25) is 5.91 Å². The molecule has 6 heteroatoms. The first kappa shape index (κ1) is 19.8. The Hall–Kier alpha value is -2.50. The lowest BCUT2D eigenvalue weighted by Gasteiger charge is -2.24. The van der Waals surface area contributed by atoms with Crippen LogP contribution >= 0.6 is 0 Å². The summed E-state index contributed by atoms with van der Waals surface area (Å²) in [5.74, 6) is -0.270. The summed E-state index contributed by atoms with van der Waals surface area (Å²) in [4.78, 5) is 12.3. The van der Waals surface area contributed by atoms with E-state index in [0.717, 1.165) is 17.7 Å². The average molecular weight is 364 g/mol. The fraction of sp³-hybridized carbons (Fsp3) is 0.350. The quantitative estimate of drug-likeness (QED) is 0.728. The number of carbonyl (C=O) groups excluding carboxylic acids is 1. The number of para-hydroxylation sites is 1. The molecule has 0 heterocycles. The normalized spacial score (nSPS) is 12.8. The Kier molecular flexibility index (Phi) is 6.29. The minimum absolute atomic E-state index is 0.0516. The zero-order valence-electron chi connectivity index (χ0n) is 14.8. The van der Waals surface area contributed by atoms with Gasteiger partial charge in [-0.05, 0) is 41.7 Å². The van der Waals surface area contributed by atoms with Gasteiger partial charge in [-0.1, -0.05) is 44.2 Å². The fourth-order valence-electron chi connectivity index (χ4n) is 2.80. The molecule has 140 valence electrons. The van der Waals surface area contributed by atoms with E-state index in [-0.39, 0.29) is 18.2 Å². The first-order chi connectivity index (χ1) is 12.2. The molecule has 2 rings (SSSR count). The van der Waals surface area contributed by atoms with Gasteiger partial charge in [-0.15, -0.1) is 0 Å². The van der Waals surface area contributed by atoms with E-state index >= 15 is 0 Å². The first-order valence-electron chi connectivity index (χ1n) is 8.48. The van der Waals surface area contributed by atoms with Crippen LogP contribution < -0.4 is 11.1 Å². The van der Waals surface area contributed by atoms with Crippen molar-refractivity contribution in [3.63, 3.8) is 0 Å². The third kappa shape index (κ3) is 5.25. The van der Waals surface area contributed by atoms with Crippen molar-refractivity contribution in [3.8, 4) is 0 Å². The summed E-state index contributed by atoms with van der Waals surface area (Å²) >= 11 is 0. The zero-order valence-corrected chi connectivity index (χ0v) is 14.8. The van der Waals surface area contributed by atoms with Crippen molar-refractivity contribution in [2.75, 3.05) is 5.73 Å². The van der Waals surface area contributed by atoms with Gasteiger partial charge in [0.25, 0.3) is 0 Å². The van der Waals surface area contributed by atoms with Crippen molar-refractivity contribution >= 4 is 11.6 Å². The lowest BCUT2D eigenvalue weighted by atomic mass is 9.94. The minimum atomic E-state index is -4.41. The summed E-state index contributed by atoms with van der Waals surface area (Å²) < 4.78 is 38.8. The van der Waals surface area contributed by atoms with Gasteiger partial charge in [0.15, 0.2) is 0 Å². The molecular formula is C20H23F3N2O. The molecule has 0 spiro atoms. The van der Waals surface area contributed by atoms with Crippen LogP contribution in [0.3, 0.4) is 0 Å². The molecule has 0 saturated carbocycles. The van der Waals surface area contributed by atoms with Crippen LogP contribution in [-0.4, -0.2) is 5.91 Å². The maximum atomic E-state index is 12.9. The lowest BCUT2D eigenvalue weighted by Crippen LogP contribution is -2.32. The van der Waals surface area contributed by atoms with Gasteiger partial charge >= 0.3 is 6.18 Å². The molecule has 1 amide bonds. The van der Waals surface area contributed by atoms with E-state index in [1.54, 1.807) is 12.1 Å². The zero-order chi connectivity index (χ0) is 19.3. The molecule has 0 aliphatic heterocycles. The van der Waals surface area contributed by atoms with Crippen molar-refractivity contribution in [1.29, 1.82) is 0 Å². The fourth-order valence-corrected chi connectivity index (χ4v) is 2.80. The van der Waals surface area contributed by atoms with E-state index in [2.05, 4.69) is 5.32 Å². The molecule has 0 aromatic heterocycles. The van der Waals surface area contributed by atoms with Crippen molar-refractivity contribution in [3.05, 3.63) is 65.2 Å². The number of halogens is 3. The van der Waals surface area contributed by atoms with Gasteiger partial charge in [-0.3, -0.25) is 4.79 Å². The summed E-state index contributed by atoms with van der Waals surface area (Å²) in [6.07, 6.45) is -3.71. The number of rotatable bonds is 6. The van der Waals surface area contributed by atoms with Crippen LogP contribution in [0.5, 0.6) is 0 Å². The molecule has 2 aromatic carbocycles. The highest BCUT2D eigenvalue weighted by molar-refractivity contribution is 5.77. The summed E-state index contributed by atoms with van der Waals surface area (Å²) in [7, 11) is 0. The molecule has 0 bridgehead atoms. The molecule has 3 N–H and O–H groups in total. The van der Waals surface area contributed by atoms with Crippen molar-refractivity contribution in [1.82, 2.24) is 5.32 Å². The van der Waals surface area contributed by atoms with E-state index < -0.39 is 17.8 Å². The Morgan fingerprint density at radius 2 is 1.81 bits per heavy atom. The summed E-state index contributed by atoms with van der Waals surface area (Å²) in [5, 5.41) is 2.85. The van der Waals surface area contributed by atoms with Crippen LogP contribution in [-0.2, 0) is 17.4 Å². The van der Waals surface area contributed by atoms with Crippen LogP contribution in [0.1, 0.15) is 43.0 Å². The van der Waals surface area contributed by atoms with Gasteiger partial charge in [0.1, 0.15) is 0 Å². The number of amides is 1. The van der Waals surface area contributed by atoms with E-state index in [1.807, 2.05) is 32.0 Å². The van der Waals surface area contributed by atoms with E-state index in [9.17, 15) is 18.0 Å². The number of benzene rings is 2. The monoisotopic (exact) mass is 364 g/mol. The standard InChI is InChI=1S/C20H23F3N2O/c1-13(2)19(15-7-5-8-16(12-15)20(21,22)23)25-18(26)11-10-14-6-3-4-9-17(14)24/h3-9,12-13,19H,10-11,24H2,1-2H3,(H,25,26).